The second-order valence-corrected chi connectivity index (χ2v) is 5.96. The number of carbonyl (C=O) groups excluding carboxylic acids is 2. The van der Waals surface area contributed by atoms with E-state index >= 15 is 0 Å². The molecule has 2 heterocycles. The van der Waals surface area contributed by atoms with E-state index in [-0.39, 0.29) is 17.9 Å². The summed E-state index contributed by atoms with van der Waals surface area (Å²) in [5, 5.41) is 6.07. The SMILES string of the molecule is CNC(=O)C1CCCCN1C(=O)CCC1CCCNC1. The highest BCUT2D eigenvalue weighted by atomic mass is 16.2. The highest BCUT2D eigenvalue weighted by Gasteiger charge is 2.31. The minimum atomic E-state index is -0.245. The van der Waals surface area contributed by atoms with E-state index in [1.165, 1.54) is 12.8 Å². The number of nitrogens with zero attached hydrogens (tertiary/aromatic N) is 1. The average Bonchev–Trinajstić information content (AvgIpc) is 2.52. The van der Waals surface area contributed by atoms with Crippen LogP contribution >= 0.6 is 0 Å². The Morgan fingerprint density at radius 1 is 1.25 bits per heavy atom. The van der Waals surface area contributed by atoms with Crippen molar-refractivity contribution in [3.63, 3.8) is 0 Å². The van der Waals surface area contributed by atoms with Crippen molar-refractivity contribution in [1.82, 2.24) is 15.5 Å². The monoisotopic (exact) mass is 281 g/mol. The zero-order valence-corrected chi connectivity index (χ0v) is 12.5. The van der Waals surface area contributed by atoms with Crippen LogP contribution in [-0.2, 0) is 9.59 Å². The molecule has 0 spiro atoms. The number of hydrogen-bond donors (Lipinski definition) is 2. The lowest BCUT2D eigenvalue weighted by molar-refractivity contribution is -0.142. The molecule has 2 rings (SSSR count). The van der Waals surface area contributed by atoms with Gasteiger partial charge in [-0.05, 0) is 57.5 Å². The lowest BCUT2D eigenvalue weighted by atomic mass is 9.93. The number of rotatable bonds is 4. The molecule has 20 heavy (non-hydrogen) atoms. The van der Waals surface area contributed by atoms with Gasteiger partial charge in [0, 0.05) is 20.0 Å². The predicted molar refractivity (Wildman–Crippen MR) is 78.2 cm³/mol. The zero-order valence-electron chi connectivity index (χ0n) is 12.5. The summed E-state index contributed by atoms with van der Waals surface area (Å²) in [6, 6.07) is -0.245. The van der Waals surface area contributed by atoms with E-state index in [4.69, 9.17) is 0 Å². The van der Waals surface area contributed by atoms with Crippen LogP contribution in [-0.4, -0.2) is 49.4 Å². The fourth-order valence-corrected chi connectivity index (χ4v) is 3.31. The normalized spacial score (nSPS) is 27.1. The second-order valence-electron chi connectivity index (χ2n) is 5.96. The van der Waals surface area contributed by atoms with Gasteiger partial charge >= 0.3 is 0 Å². The predicted octanol–water partition coefficient (Wildman–Crippen LogP) is 0.893. The molecule has 2 saturated heterocycles. The number of piperidine rings is 2. The first kappa shape index (κ1) is 15.3. The van der Waals surface area contributed by atoms with E-state index in [1.54, 1.807) is 11.9 Å². The van der Waals surface area contributed by atoms with Crippen molar-refractivity contribution >= 4 is 11.8 Å². The Morgan fingerprint density at radius 2 is 2.10 bits per heavy atom. The fourth-order valence-electron chi connectivity index (χ4n) is 3.31. The van der Waals surface area contributed by atoms with Crippen molar-refractivity contribution in [2.75, 3.05) is 26.7 Å². The van der Waals surface area contributed by atoms with Gasteiger partial charge in [-0.15, -0.1) is 0 Å². The summed E-state index contributed by atoms with van der Waals surface area (Å²) in [7, 11) is 1.65. The molecule has 0 aromatic heterocycles. The molecule has 2 N–H and O–H groups in total. The number of nitrogens with one attached hydrogen (secondary N) is 2. The Labute approximate surface area is 121 Å². The van der Waals surface area contributed by atoms with Crippen LogP contribution in [0.25, 0.3) is 0 Å². The van der Waals surface area contributed by atoms with Gasteiger partial charge in [0.1, 0.15) is 6.04 Å². The van der Waals surface area contributed by atoms with E-state index in [2.05, 4.69) is 10.6 Å². The summed E-state index contributed by atoms with van der Waals surface area (Å²) >= 11 is 0. The summed E-state index contributed by atoms with van der Waals surface area (Å²) in [4.78, 5) is 26.1. The highest BCUT2D eigenvalue weighted by Crippen LogP contribution is 2.21. The molecule has 5 nitrogen and oxygen atoms in total. The third-order valence-corrected chi connectivity index (χ3v) is 4.54. The maximum absolute atomic E-state index is 12.4. The van der Waals surface area contributed by atoms with Crippen LogP contribution in [0.1, 0.15) is 44.9 Å². The number of likely N-dealkylation sites (tertiary alicyclic amines) is 1. The molecule has 0 aromatic rings. The van der Waals surface area contributed by atoms with Crippen LogP contribution in [0.15, 0.2) is 0 Å². The van der Waals surface area contributed by atoms with Gasteiger partial charge in [0.15, 0.2) is 0 Å². The first-order valence-corrected chi connectivity index (χ1v) is 7.94. The molecule has 2 fully saturated rings. The Morgan fingerprint density at radius 3 is 2.80 bits per heavy atom. The Hall–Kier alpha value is -1.10. The minimum Gasteiger partial charge on any atom is -0.357 e. The molecule has 2 unspecified atom stereocenters. The zero-order chi connectivity index (χ0) is 14.4. The highest BCUT2D eigenvalue weighted by molar-refractivity contribution is 5.87. The molecule has 2 atom stereocenters. The van der Waals surface area contributed by atoms with E-state index in [1.807, 2.05) is 0 Å². The molecule has 2 aliphatic heterocycles. The molecule has 114 valence electrons. The van der Waals surface area contributed by atoms with Crippen LogP contribution in [0.4, 0.5) is 0 Å². The van der Waals surface area contributed by atoms with Gasteiger partial charge in [-0.2, -0.15) is 0 Å². The van der Waals surface area contributed by atoms with Crippen LogP contribution in [0.5, 0.6) is 0 Å². The van der Waals surface area contributed by atoms with Crippen molar-refractivity contribution in [1.29, 1.82) is 0 Å². The second kappa shape index (κ2) is 7.62. The first-order valence-electron chi connectivity index (χ1n) is 7.94. The summed E-state index contributed by atoms with van der Waals surface area (Å²) in [6.45, 7) is 2.88. The van der Waals surface area contributed by atoms with Crippen molar-refractivity contribution in [3.8, 4) is 0 Å². The summed E-state index contributed by atoms with van der Waals surface area (Å²) in [6.07, 6.45) is 6.82. The maximum atomic E-state index is 12.4. The third kappa shape index (κ3) is 3.95. The summed E-state index contributed by atoms with van der Waals surface area (Å²) < 4.78 is 0. The van der Waals surface area contributed by atoms with Gasteiger partial charge in [-0.1, -0.05) is 0 Å². The number of hydrogen-bond acceptors (Lipinski definition) is 3. The fraction of sp³-hybridized carbons (Fsp3) is 0.867. The van der Waals surface area contributed by atoms with Crippen molar-refractivity contribution in [2.45, 2.75) is 51.0 Å². The average molecular weight is 281 g/mol. The lowest BCUT2D eigenvalue weighted by Gasteiger charge is -2.35. The van der Waals surface area contributed by atoms with E-state index in [9.17, 15) is 9.59 Å². The lowest BCUT2D eigenvalue weighted by Crippen LogP contribution is -2.51. The van der Waals surface area contributed by atoms with Gasteiger partial charge in [0.2, 0.25) is 11.8 Å². The van der Waals surface area contributed by atoms with E-state index in [0.29, 0.717) is 12.3 Å². The summed E-state index contributed by atoms with van der Waals surface area (Å²) in [5.41, 5.74) is 0. The largest absolute Gasteiger partial charge is 0.357 e. The smallest absolute Gasteiger partial charge is 0.242 e. The molecule has 0 aliphatic carbocycles. The molecule has 2 amide bonds. The van der Waals surface area contributed by atoms with Crippen molar-refractivity contribution in [3.05, 3.63) is 0 Å². The molecule has 2 aliphatic rings. The van der Waals surface area contributed by atoms with Crippen LogP contribution in [0, 0.1) is 5.92 Å². The van der Waals surface area contributed by atoms with Crippen LogP contribution < -0.4 is 10.6 Å². The maximum Gasteiger partial charge on any atom is 0.242 e. The number of carbonyl (C=O) groups is 2. The third-order valence-electron chi connectivity index (χ3n) is 4.54. The summed E-state index contributed by atoms with van der Waals surface area (Å²) in [5.74, 6) is 0.761. The van der Waals surface area contributed by atoms with Gasteiger partial charge < -0.3 is 15.5 Å². The van der Waals surface area contributed by atoms with Gasteiger partial charge in [-0.25, -0.2) is 0 Å². The number of amides is 2. The molecule has 0 aromatic carbocycles. The molecular formula is C15H27N3O2. The van der Waals surface area contributed by atoms with Gasteiger partial charge in [-0.3, -0.25) is 9.59 Å². The van der Waals surface area contributed by atoms with Gasteiger partial charge in [0.25, 0.3) is 0 Å². The quantitative estimate of drug-likeness (QED) is 0.804. The van der Waals surface area contributed by atoms with Gasteiger partial charge in [0.05, 0.1) is 0 Å². The standard InChI is InChI=1S/C15H27N3O2/c1-16-15(20)13-6-2-3-10-18(13)14(19)8-7-12-5-4-9-17-11-12/h12-13,17H,2-11H2,1H3,(H,16,20). The Kier molecular flexibility index (Phi) is 5.83. The molecule has 5 heteroatoms. The van der Waals surface area contributed by atoms with Crippen LogP contribution in [0.2, 0.25) is 0 Å². The molecule has 0 saturated carbocycles. The Balaban J connectivity index is 1.83. The Bertz CT molecular complexity index is 340. The van der Waals surface area contributed by atoms with E-state index < -0.39 is 0 Å². The topological polar surface area (TPSA) is 61.4 Å². The van der Waals surface area contributed by atoms with E-state index in [0.717, 1.165) is 45.3 Å². The van der Waals surface area contributed by atoms with Crippen molar-refractivity contribution < 1.29 is 9.59 Å². The first-order chi connectivity index (χ1) is 9.72. The molecule has 0 radical (unpaired) electrons. The van der Waals surface area contributed by atoms with Crippen molar-refractivity contribution in [2.24, 2.45) is 5.92 Å². The molecule has 0 bridgehead atoms. The number of likely N-dealkylation sites (N-methyl/N-ethyl adjacent to an activating group) is 1. The molecular weight excluding hydrogens is 254 g/mol. The minimum absolute atomic E-state index is 0.0163. The van der Waals surface area contributed by atoms with Crippen LogP contribution in [0.3, 0.4) is 0 Å².